The topological polar surface area (TPSA) is 48.3 Å². The zero-order valence-electron chi connectivity index (χ0n) is 11.1. The van der Waals surface area contributed by atoms with Crippen LogP contribution in [-0.2, 0) is 20.3 Å². The predicted octanol–water partition coefficient (Wildman–Crippen LogP) is 3.14. The van der Waals surface area contributed by atoms with E-state index in [1.807, 2.05) is 22.8 Å². The quantitative estimate of drug-likeness (QED) is 0.818. The van der Waals surface area contributed by atoms with Crippen molar-refractivity contribution in [3.8, 4) is 0 Å². The molecule has 0 bridgehead atoms. The van der Waals surface area contributed by atoms with E-state index in [1.54, 1.807) is 12.3 Å². The SMILES string of the molecule is CC1CCC(Cn2cc(S(=O)(=O)Cl)c3ccccc32)O1. The van der Waals surface area contributed by atoms with Crippen LogP contribution in [0.1, 0.15) is 19.8 Å². The molecule has 0 aliphatic carbocycles. The smallest absolute Gasteiger partial charge is 0.263 e. The van der Waals surface area contributed by atoms with E-state index in [0.29, 0.717) is 11.9 Å². The second kappa shape index (κ2) is 5.06. The van der Waals surface area contributed by atoms with Crippen molar-refractivity contribution >= 4 is 30.6 Å². The lowest BCUT2D eigenvalue weighted by molar-refractivity contribution is 0.0464. The summed E-state index contributed by atoms with van der Waals surface area (Å²) in [5, 5.41) is 0.661. The Morgan fingerprint density at radius 1 is 1.35 bits per heavy atom. The monoisotopic (exact) mass is 313 g/mol. The molecule has 2 heterocycles. The van der Waals surface area contributed by atoms with Crippen molar-refractivity contribution in [3.05, 3.63) is 30.5 Å². The zero-order chi connectivity index (χ0) is 14.3. The van der Waals surface area contributed by atoms with Gasteiger partial charge in [0.1, 0.15) is 4.90 Å². The summed E-state index contributed by atoms with van der Waals surface area (Å²) >= 11 is 0. The van der Waals surface area contributed by atoms with Gasteiger partial charge in [-0.2, -0.15) is 0 Å². The third kappa shape index (κ3) is 2.57. The average Bonchev–Trinajstić information content (AvgIpc) is 2.94. The summed E-state index contributed by atoms with van der Waals surface area (Å²) in [6, 6.07) is 7.38. The first kappa shape index (κ1) is 13.9. The Labute approximate surface area is 122 Å². The highest BCUT2D eigenvalue weighted by molar-refractivity contribution is 8.14. The van der Waals surface area contributed by atoms with Gasteiger partial charge in [-0.05, 0) is 25.8 Å². The third-order valence-corrected chi connectivity index (χ3v) is 5.08. The van der Waals surface area contributed by atoms with Gasteiger partial charge in [0.05, 0.1) is 12.2 Å². The van der Waals surface area contributed by atoms with Crippen molar-refractivity contribution in [2.75, 3.05) is 0 Å². The molecule has 2 unspecified atom stereocenters. The maximum absolute atomic E-state index is 11.7. The maximum atomic E-state index is 11.7. The molecular weight excluding hydrogens is 298 g/mol. The van der Waals surface area contributed by atoms with E-state index in [9.17, 15) is 8.42 Å². The maximum Gasteiger partial charge on any atom is 0.263 e. The van der Waals surface area contributed by atoms with Crippen LogP contribution >= 0.6 is 10.7 Å². The molecular formula is C14H16ClNO3S. The molecule has 0 spiro atoms. The second-order valence-electron chi connectivity index (χ2n) is 5.25. The van der Waals surface area contributed by atoms with Crippen molar-refractivity contribution in [1.29, 1.82) is 0 Å². The highest BCUT2D eigenvalue weighted by atomic mass is 35.7. The normalized spacial score (nSPS) is 23.5. The Hall–Kier alpha value is -1.04. The van der Waals surface area contributed by atoms with Crippen molar-refractivity contribution in [2.45, 2.75) is 43.4 Å². The van der Waals surface area contributed by atoms with Crippen LogP contribution in [0.25, 0.3) is 10.9 Å². The number of ether oxygens (including phenoxy) is 1. The fourth-order valence-electron chi connectivity index (χ4n) is 2.80. The van der Waals surface area contributed by atoms with E-state index in [-0.39, 0.29) is 17.1 Å². The number of benzene rings is 1. The van der Waals surface area contributed by atoms with Crippen LogP contribution in [0.4, 0.5) is 0 Å². The van der Waals surface area contributed by atoms with Crippen molar-refractivity contribution in [3.63, 3.8) is 0 Å². The molecule has 4 nitrogen and oxygen atoms in total. The van der Waals surface area contributed by atoms with Gasteiger partial charge < -0.3 is 9.30 Å². The Morgan fingerprint density at radius 2 is 2.10 bits per heavy atom. The number of fused-ring (bicyclic) bond motifs is 1. The number of aromatic nitrogens is 1. The summed E-state index contributed by atoms with van der Waals surface area (Å²) in [6.07, 6.45) is 4.06. The van der Waals surface area contributed by atoms with Crippen molar-refractivity contribution in [2.24, 2.45) is 0 Å². The molecule has 0 N–H and O–H groups in total. The van der Waals surface area contributed by atoms with Gasteiger partial charge in [-0.15, -0.1) is 0 Å². The molecule has 2 aromatic rings. The van der Waals surface area contributed by atoms with Crippen LogP contribution in [-0.4, -0.2) is 25.2 Å². The molecule has 0 saturated carbocycles. The number of halogens is 1. The summed E-state index contributed by atoms with van der Waals surface area (Å²) in [5.41, 5.74) is 0.870. The van der Waals surface area contributed by atoms with E-state index in [2.05, 4.69) is 6.92 Å². The zero-order valence-corrected chi connectivity index (χ0v) is 12.7. The van der Waals surface area contributed by atoms with Gasteiger partial charge in [0.15, 0.2) is 0 Å². The predicted molar refractivity (Wildman–Crippen MR) is 78.5 cm³/mol. The minimum atomic E-state index is -3.74. The Bertz CT molecular complexity index is 738. The summed E-state index contributed by atoms with van der Waals surface area (Å²) in [6.45, 7) is 2.71. The largest absolute Gasteiger partial charge is 0.373 e. The van der Waals surface area contributed by atoms with Gasteiger partial charge in [-0.1, -0.05) is 18.2 Å². The lowest BCUT2D eigenvalue weighted by atomic mass is 10.2. The number of hydrogen-bond donors (Lipinski definition) is 0. The minimum absolute atomic E-state index is 0.131. The number of nitrogens with zero attached hydrogens (tertiary/aromatic N) is 1. The molecule has 1 saturated heterocycles. The van der Waals surface area contributed by atoms with E-state index in [4.69, 9.17) is 15.4 Å². The first-order valence-corrected chi connectivity index (χ1v) is 8.94. The highest BCUT2D eigenvalue weighted by Gasteiger charge is 2.24. The minimum Gasteiger partial charge on any atom is -0.373 e. The molecule has 1 aliphatic heterocycles. The van der Waals surface area contributed by atoms with Gasteiger partial charge in [0.2, 0.25) is 0 Å². The molecule has 3 rings (SSSR count). The average molecular weight is 314 g/mol. The van der Waals surface area contributed by atoms with Gasteiger partial charge in [-0.3, -0.25) is 0 Å². The third-order valence-electron chi connectivity index (χ3n) is 3.73. The van der Waals surface area contributed by atoms with Crippen LogP contribution in [0.5, 0.6) is 0 Å². The standard InChI is InChI=1S/C14H16ClNO3S/c1-10-6-7-11(19-10)8-16-9-14(20(15,17)18)12-4-2-3-5-13(12)16/h2-5,9-11H,6-8H2,1H3. The number of hydrogen-bond acceptors (Lipinski definition) is 3. The van der Waals surface area contributed by atoms with Gasteiger partial charge in [-0.25, -0.2) is 8.42 Å². The van der Waals surface area contributed by atoms with E-state index in [0.717, 1.165) is 18.4 Å². The Kier molecular flexibility index (Phi) is 3.52. The molecule has 2 atom stereocenters. The lowest BCUT2D eigenvalue weighted by Crippen LogP contribution is -2.15. The summed E-state index contributed by atoms with van der Waals surface area (Å²) in [5.74, 6) is 0. The van der Waals surface area contributed by atoms with Crippen LogP contribution in [0.2, 0.25) is 0 Å². The molecule has 1 aromatic heterocycles. The second-order valence-corrected chi connectivity index (χ2v) is 7.78. The molecule has 0 radical (unpaired) electrons. The summed E-state index contributed by atoms with van der Waals surface area (Å²) < 4.78 is 31.1. The fourth-order valence-corrected chi connectivity index (χ4v) is 3.85. The van der Waals surface area contributed by atoms with Gasteiger partial charge >= 0.3 is 0 Å². The van der Waals surface area contributed by atoms with Crippen LogP contribution in [0.15, 0.2) is 35.4 Å². The Morgan fingerprint density at radius 3 is 2.75 bits per heavy atom. The van der Waals surface area contributed by atoms with Gasteiger partial charge in [0.25, 0.3) is 9.05 Å². The molecule has 6 heteroatoms. The lowest BCUT2D eigenvalue weighted by Gasteiger charge is -2.13. The summed E-state index contributed by atoms with van der Waals surface area (Å²) in [4.78, 5) is 0.167. The first-order chi connectivity index (χ1) is 9.45. The van der Waals surface area contributed by atoms with Crippen LogP contribution < -0.4 is 0 Å². The summed E-state index contributed by atoms with van der Waals surface area (Å²) in [7, 11) is 1.78. The highest BCUT2D eigenvalue weighted by Crippen LogP contribution is 2.29. The van der Waals surface area contributed by atoms with Crippen LogP contribution in [0, 0.1) is 0 Å². The fraction of sp³-hybridized carbons (Fsp3) is 0.429. The Balaban J connectivity index is 2.03. The molecule has 0 amide bonds. The van der Waals surface area contributed by atoms with Crippen molar-refractivity contribution in [1.82, 2.24) is 4.57 Å². The first-order valence-electron chi connectivity index (χ1n) is 6.63. The van der Waals surface area contributed by atoms with E-state index < -0.39 is 9.05 Å². The van der Waals surface area contributed by atoms with Crippen LogP contribution in [0.3, 0.4) is 0 Å². The molecule has 20 heavy (non-hydrogen) atoms. The molecule has 1 fully saturated rings. The van der Waals surface area contributed by atoms with Gasteiger partial charge in [0, 0.05) is 34.3 Å². The molecule has 1 aromatic carbocycles. The molecule has 1 aliphatic rings. The number of rotatable bonds is 3. The van der Waals surface area contributed by atoms with E-state index in [1.165, 1.54) is 0 Å². The van der Waals surface area contributed by atoms with E-state index >= 15 is 0 Å². The number of para-hydroxylation sites is 1. The molecule has 108 valence electrons. The van der Waals surface area contributed by atoms with Crippen molar-refractivity contribution < 1.29 is 13.2 Å².